The molecule has 0 N–H and O–H groups in total. The van der Waals surface area contributed by atoms with Gasteiger partial charge in [0.1, 0.15) is 0 Å². The first-order chi connectivity index (χ1) is 19.4. The van der Waals surface area contributed by atoms with E-state index < -0.39 is 29.6 Å². The molecule has 1 aliphatic rings. The van der Waals surface area contributed by atoms with Crippen molar-refractivity contribution in [3.05, 3.63) is 90.0 Å². The number of benzene rings is 3. The van der Waals surface area contributed by atoms with Gasteiger partial charge in [-0.1, -0.05) is 75.1 Å². The molecule has 1 saturated heterocycles. The minimum absolute atomic E-state index is 0.000792. The molecule has 4 rings (SSSR count). The number of allylic oxidation sites excluding steroid dienone is 1. The largest absolute Gasteiger partial charge is 0.490 e. The Kier molecular flexibility index (Phi) is 10.8. The lowest BCUT2D eigenvalue weighted by molar-refractivity contribution is -0.207. The van der Waals surface area contributed by atoms with Gasteiger partial charge in [-0.15, -0.1) is 6.58 Å². The summed E-state index contributed by atoms with van der Waals surface area (Å²) in [4.78, 5) is 0. The quantitative estimate of drug-likeness (QED) is 0.119. The van der Waals surface area contributed by atoms with Gasteiger partial charge >= 0.3 is 0 Å². The second-order valence-electron chi connectivity index (χ2n) is 10.1. The van der Waals surface area contributed by atoms with E-state index in [4.69, 9.17) is 14.2 Å². The maximum atomic E-state index is 15.1. The molecule has 0 saturated carbocycles. The second kappa shape index (κ2) is 14.5. The molecular formula is C33H36F4O3. The Balaban J connectivity index is 1.43. The Bertz CT molecular complexity index is 1270. The molecule has 1 fully saturated rings. The molecule has 0 spiro atoms. The standard InChI is InChI=1S/C33H36F4O3/c1-3-5-7-8-9-19-38-28-18-17-26(30(35)32(28)37)24-13-11-23(12-14-24)25-15-16-27(31(36)29(25)34)33-39-20-22(21-40-33)10-6-4-2/h4,11-18,22,33H,2-3,5-10,19-21H2,1H3. The number of hydrogen-bond donors (Lipinski definition) is 0. The van der Waals surface area contributed by atoms with Gasteiger partial charge < -0.3 is 14.2 Å². The second-order valence-corrected chi connectivity index (χ2v) is 10.1. The Hall–Kier alpha value is -3.16. The topological polar surface area (TPSA) is 27.7 Å². The van der Waals surface area contributed by atoms with Crippen LogP contribution in [-0.2, 0) is 9.47 Å². The van der Waals surface area contributed by atoms with Crippen molar-refractivity contribution in [2.45, 2.75) is 58.2 Å². The Morgan fingerprint density at radius 1 is 0.775 bits per heavy atom. The molecule has 0 unspecified atom stereocenters. The molecule has 0 aromatic heterocycles. The van der Waals surface area contributed by atoms with Crippen molar-refractivity contribution in [3.8, 4) is 28.0 Å². The molecule has 0 bridgehead atoms. The van der Waals surface area contributed by atoms with Crippen molar-refractivity contribution < 1.29 is 31.8 Å². The highest BCUT2D eigenvalue weighted by Gasteiger charge is 2.28. The third-order valence-electron chi connectivity index (χ3n) is 7.17. The number of rotatable bonds is 13. The highest BCUT2D eigenvalue weighted by molar-refractivity contribution is 5.71. The highest BCUT2D eigenvalue weighted by atomic mass is 19.2. The summed E-state index contributed by atoms with van der Waals surface area (Å²) >= 11 is 0. The van der Waals surface area contributed by atoms with E-state index in [1.807, 2.05) is 6.08 Å². The van der Waals surface area contributed by atoms with Crippen molar-refractivity contribution >= 4 is 0 Å². The fourth-order valence-electron chi connectivity index (χ4n) is 4.80. The molecule has 0 aliphatic carbocycles. The molecule has 3 aromatic carbocycles. The van der Waals surface area contributed by atoms with Crippen LogP contribution in [0.3, 0.4) is 0 Å². The first-order valence-corrected chi connectivity index (χ1v) is 14.0. The van der Waals surface area contributed by atoms with Crippen molar-refractivity contribution in [3.63, 3.8) is 0 Å². The Labute approximate surface area is 233 Å². The summed E-state index contributed by atoms with van der Waals surface area (Å²) in [6.45, 7) is 6.94. The summed E-state index contributed by atoms with van der Waals surface area (Å²) in [6.07, 6.45) is 7.66. The molecule has 3 aromatic rings. The number of ether oxygens (including phenoxy) is 3. The van der Waals surface area contributed by atoms with Gasteiger partial charge in [0.25, 0.3) is 0 Å². The van der Waals surface area contributed by atoms with Gasteiger partial charge in [0.2, 0.25) is 5.82 Å². The molecule has 1 heterocycles. The van der Waals surface area contributed by atoms with Gasteiger partial charge in [-0.05, 0) is 42.5 Å². The van der Waals surface area contributed by atoms with Crippen LogP contribution in [0.2, 0.25) is 0 Å². The van der Waals surface area contributed by atoms with Gasteiger partial charge in [-0.3, -0.25) is 0 Å². The lowest BCUT2D eigenvalue weighted by atomic mass is 9.98. The fraction of sp³-hybridized carbons (Fsp3) is 0.394. The summed E-state index contributed by atoms with van der Waals surface area (Å²) in [6, 6.07) is 12.0. The third kappa shape index (κ3) is 7.12. The average Bonchev–Trinajstić information content (AvgIpc) is 2.98. The van der Waals surface area contributed by atoms with Crippen molar-refractivity contribution in [2.75, 3.05) is 19.8 Å². The van der Waals surface area contributed by atoms with E-state index in [1.165, 1.54) is 24.3 Å². The maximum absolute atomic E-state index is 15.1. The van der Waals surface area contributed by atoms with Crippen LogP contribution in [0.15, 0.2) is 61.2 Å². The average molecular weight is 557 g/mol. The van der Waals surface area contributed by atoms with Crippen molar-refractivity contribution in [1.82, 2.24) is 0 Å². The van der Waals surface area contributed by atoms with Crippen molar-refractivity contribution in [2.24, 2.45) is 5.92 Å². The summed E-state index contributed by atoms with van der Waals surface area (Å²) < 4.78 is 76.4. The van der Waals surface area contributed by atoms with E-state index in [1.54, 1.807) is 24.3 Å². The van der Waals surface area contributed by atoms with E-state index in [0.29, 0.717) is 30.9 Å². The molecule has 40 heavy (non-hydrogen) atoms. The maximum Gasteiger partial charge on any atom is 0.201 e. The monoisotopic (exact) mass is 556 g/mol. The SMILES string of the molecule is C=CCCC1COC(c2ccc(-c3ccc(-c4ccc(OCCCCCCC)c(F)c4F)cc3)c(F)c2F)OC1. The van der Waals surface area contributed by atoms with Crippen LogP contribution in [0, 0.1) is 29.2 Å². The van der Waals surface area contributed by atoms with Crippen LogP contribution in [0.25, 0.3) is 22.3 Å². The molecule has 0 radical (unpaired) electrons. The number of unbranched alkanes of at least 4 members (excludes halogenated alkanes) is 4. The van der Waals surface area contributed by atoms with Crippen LogP contribution in [0.5, 0.6) is 5.75 Å². The summed E-state index contributed by atoms with van der Waals surface area (Å²) in [7, 11) is 0. The van der Waals surface area contributed by atoms with Gasteiger partial charge in [-0.25, -0.2) is 13.2 Å². The molecule has 3 nitrogen and oxygen atoms in total. The summed E-state index contributed by atoms with van der Waals surface area (Å²) in [5.74, 6) is -4.06. The van der Waals surface area contributed by atoms with E-state index in [2.05, 4.69) is 13.5 Å². The van der Waals surface area contributed by atoms with Gasteiger partial charge in [0.15, 0.2) is 29.5 Å². The first kappa shape index (κ1) is 29.8. The molecule has 214 valence electrons. The zero-order valence-corrected chi connectivity index (χ0v) is 22.9. The molecule has 0 amide bonds. The predicted molar refractivity (Wildman–Crippen MR) is 149 cm³/mol. The summed E-state index contributed by atoms with van der Waals surface area (Å²) in [5.41, 5.74) is 0.895. The summed E-state index contributed by atoms with van der Waals surface area (Å²) in [5, 5.41) is 0. The van der Waals surface area contributed by atoms with Gasteiger partial charge in [-0.2, -0.15) is 4.39 Å². The molecular weight excluding hydrogens is 520 g/mol. The first-order valence-electron chi connectivity index (χ1n) is 14.0. The number of hydrogen-bond acceptors (Lipinski definition) is 3. The smallest absolute Gasteiger partial charge is 0.201 e. The Morgan fingerprint density at radius 3 is 2.00 bits per heavy atom. The van der Waals surface area contributed by atoms with E-state index >= 15 is 8.78 Å². The number of halogens is 4. The van der Waals surface area contributed by atoms with Crippen LogP contribution < -0.4 is 4.74 Å². The lowest BCUT2D eigenvalue weighted by Gasteiger charge is -2.29. The molecule has 1 aliphatic heterocycles. The van der Waals surface area contributed by atoms with Crippen LogP contribution in [-0.4, -0.2) is 19.8 Å². The predicted octanol–water partition coefficient (Wildman–Crippen LogP) is 9.55. The molecule has 0 atom stereocenters. The lowest BCUT2D eigenvalue weighted by Crippen LogP contribution is -2.27. The van der Waals surface area contributed by atoms with Crippen molar-refractivity contribution in [1.29, 1.82) is 0 Å². The van der Waals surface area contributed by atoms with Crippen LogP contribution in [0.1, 0.15) is 63.7 Å². The van der Waals surface area contributed by atoms with Gasteiger partial charge in [0.05, 0.1) is 19.8 Å². The van der Waals surface area contributed by atoms with E-state index in [-0.39, 0.29) is 28.4 Å². The third-order valence-corrected chi connectivity index (χ3v) is 7.17. The molecule has 7 heteroatoms. The minimum atomic E-state index is -1.04. The van der Waals surface area contributed by atoms with E-state index in [0.717, 1.165) is 44.9 Å². The van der Waals surface area contributed by atoms with E-state index in [9.17, 15) is 8.78 Å². The fourth-order valence-corrected chi connectivity index (χ4v) is 4.80. The van der Waals surface area contributed by atoms with Crippen LogP contribution in [0.4, 0.5) is 17.6 Å². The van der Waals surface area contributed by atoms with Gasteiger partial charge in [0, 0.05) is 22.6 Å². The zero-order valence-electron chi connectivity index (χ0n) is 22.9. The highest BCUT2D eigenvalue weighted by Crippen LogP contribution is 2.35. The van der Waals surface area contributed by atoms with Crippen LogP contribution >= 0.6 is 0 Å². The zero-order chi connectivity index (χ0) is 28.5. The normalized spacial score (nSPS) is 17.1. The Morgan fingerprint density at radius 2 is 1.38 bits per heavy atom. The minimum Gasteiger partial charge on any atom is -0.490 e.